The minimum atomic E-state index is -0.506. The molecule has 0 amide bonds. The van der Waals surface area contributed by atoms with Gasteiger partial charge in [-0.2, -0.15) is 0 Å². The van der Waals surface area contributed by atoms with Gasteiger partial charge in [-0.1, -0.05) is 0 Å². The first-order valence-electron chi connectivity index (χ1n) is 5.21. The maximum atomic E-state index is 9.71. The minimum Gasteiger partial charge on any atom is -0.387 e. The summed E-state index contributed by atoms with van der Waals surface area (Å²) in [6.07, 6.45) is 2.04. The zero-order valence-electron chi connectivity index (χ0n) is 8.83. The second-order valence-electron chi connectivity index (χ2n) is 4.18. The molecular formula is C11H18N2O. The molecule has 1 unspecified atom stereocenters. The van der Waals surface area contributed by atoms with Crippen LogP contribution in [0.15, 0.2) is 6.07 Å². The molecule has 0 aliphatic heterocycles. The molecule has 78 valence electrons. The van der Waals surface area contributed by atoms with E-state index >= 15 is 0 Å². The predicted octanol–water partition coefficient (Wildman–Crippen LogP) is 1.43. The maximum absolute atomic E-state index is 9.71. The lowest BCUT2D eigenvalue weighted by atomic mass is 10.1. The molecule has 1 aromatic heterocycles. The molecule has 1 heterocycles. The molecule has 0 aromatic carbocycles. The van der Waals surface area contributed by atoms with Crippen LogP contribution in [0.3, 0.4) is 0 Å². The van der Waals surface area contributed by atoms with Crippen LogP contribution in [0.5, 0.6) is 0 Å². The Hall–Kier alpha value is -0.800. The normalized spacial score (nSPS) is 18.6. The molecule has 1 fully saturated rings. The molecule has 3 nitrogen and oxygen atoms in total. The van der Waals surface area contributed by atoms with E-state index in [2.05, 4.69) is 24.5 Å². The number of nitrogens with two attached hydrogens (primary N) is 1. The fourth-order valence-corrected chi connectivity index (χ4v) is 2.16. The molecule has 1 aliphatic rings. The Morgan fingerprint density at radius 1 is 1.57 bits per heavy atom. The van der Waals surface area contributed by atoms with E-state index in [1.54, 1.807) is 0 Å². The van der Waals surface area contributed by atoms with Gasteiger partial charge in [-0.05, 0) is 32.8 Å². The second kappa shape index (κ2) is 3.41. The fourth-order valence-electron chi connectivity index (χ4n) is 2.16. The van der Waals surface area contributed by atoms with Crippen LogP contribution >= 0.6 is 0 Å². The van der Waals surface area contributed by atoms with E-state index in [1.165, 1.54) is 24.2 Å². The summed E-state index contributed by atoms with van der Waals surface area (Å²) in [5, 5.41) is 9.71. The van der Waals surface area contributed by atoms with Crippen molar-refractivity contribution in [1.82, 2.24) is 4.57 Å². The molecule has 3 heteroatoms. The number of aliphatic hydroxyl groups is 1. The van der Waals surface area contributed by atoms with E-state index in [-0.39, 0.29) is 0 Å². The van der Waals surface area contributed by atoms with Crippen LogP contribution in [0.1, 0.15) is 41.9 Å². The molecule has 3 N–H and O–H groups in total. The van der Waals surface area contributed by atoms with Crippen molar-refractivity contribution >= 4 is 0 Å². The Bertz CT molecular complexity index is 339. The maximum Gasteiger partial charge on any atom is 0.0929 e. The fraction of sp³-hybridized carbons (Fsp3) is 0.636. The van der Waals surface area contributed by atoms with Crippen molar-refractivity contribution in [1.29, 1.82) is 0 Å². The smallest absolute Gasteiger partial charge is 0.0929 e. The van der Waals surface area contributed by atoms with E-state index in [0.29, 0.717) is 12.6 Å². The zero-order valence-corrected chi connectivity index (χ0v) is 8.83. The molecule has 1 aromatic rings. The van der Waals surface area contributed by atoms with Gasteiger partial charge < -0.3 is 15.4 Å². The quantitative estimate of drug-likeness (QED) is 0.764. The highest BCUT2D eigenvalue weighted by Gasteiger charge is 2.27. The van der Waals surface area contributed by atoms with Crippen LogP contribution in [-0.4, -0.2) is 16.2 Å². The first-order chi connectivity index (χ1) is 6.65. The van der Waals surface area contributed by atoms with Crippen molar-refractivity contribution in [3.63, 3.8) is 0 Å². The number of aryl methyl sites for hydroxylation is 1. The van der Waals surface area contributed by atoms with Crippen molar-refractivity contribution in [3.05, 3.63) is 23.0 Å². The third-order valence-corrected chi connectivity index (χ3v) is 3.02. The van der Waals surface area contributed by atoms with Crippen LogP contribution in [0, 0.1) is 13.8 Å². The molecule has 0 spiro atoms. The lowest BCUT2D eigenvalue weighted by molar-refractivity contribution is 0.186. The Morgan fingerprint density at radius 3 is 2.71 bits per heavy atom. The number of aromatic nitrogens is 1. The second-order valence-corrected chi connectivity index (χ2v) is 4.18. The van der Waals surface area contributed by atoms with Crippen LogP contribution < -0.4 is 5.73 Å². The van der Waals surface area contributed by atoms with Crippen LogP contribution in [-0.2, 0) is 0 Å². The van der Waals surface area contributed by atoms with Crippen LogP contribution in [0.4, 0.5) is 0 Å². The van der Waals surface area contributed by atoms with Gasteiger partial charge in [-0.15, -0.1) is 0 Å². The summed E-state index contributed by atoms with van der Waals surface area (Å²) in [6, 6.07) is 2.74. The van der Waals surface area contributed by atoms with Crippen LogP contribution in [0.25, 0.3) is 0 Å². The lowest BCUT2D eigenvalue weighted by Crippen LogP contribution is -2.12. The van der Waals surface area contributed by atoms with Gasteiger partial charge in [0, 0.05) is 29.5 Å². The van der Waals surface area contributed by atoms with Gasteiger partial charge in [0.1, 0.15) is 0 Å². The van der Waals surface area contributed by atoms with Gasteiger partial charge in [0.15, 0.2) is 0 Å². The third-order valence-electron chi connectivity index (χ3n) is 3.02. The summed E-state index contributed by atoms with van der Waals surface area (Å²) < 4.78 is 2.33. The van der Waals surface area contributed by atoms with E-state index < -0.39 is 6.10 Å². The minimum absolute atomic E-state index is 0.301. The number of hydrogen-bond acceptors (Lipinski definition) is 2. The summed E-state index contributed by atoms with van der Waals surface area (Å²) in [6.45, 7) is 4.46. The van der Waals surface area contributed by atoms with Crippen molar-refractivity contribution in [2.24, 2.45) is 5.73 Å². The Labute approximate surface area is 84.5 Å². The third kappa shape index (κ3) is 1.47. The molecule has 1 atom stereocenters. The summed E-state index contributed by atoms with van der Waals surface area (Å²) in [7, 11) is 0. The van der Waals surface area contributed by atoms with Gasteiger partial charge in [0.05, 0.1) is 6.10 Å². The van der Waals surface area contributed by atoms with Gasteiger partial charge >= 0.3 is 0 Å². The molecule has 1 saturated carbocycles. The van der Waals surface area contributed by atoms with Crippen molar-refractivity contribution < 1.29 is 5.11 Å². The Morgan fingerprint density at radius 2 is 2.21 bits per heavy atom. The number of rotatable bonds is 3. The molecule has 0 saturated heterocycles. The summed E-state index contributed by atoms with van der Waals surface area (Å²) in [5.74, 6) is 0. The largest absolute Gasteiger partial charge is 0.387 e. The molecular weight excluding hydrogens is 176 g/mol. The van der Waals surface area contributed by atoms with E-state index in [0.717, 1.165) is 5.56 Å². The van der Waals surface area contributed by atoms with Gasteiger partial charge in [-0.25, -0.2) is 0 Å². The summed E-state index contributed by atoms with van der Waals surface area (Å²) >= 11 is 0. The lowest BCUT2D eigenvalue weighted by Gasteiger charge is -2.10. The Balaban J connectivity index is 2.38. The first-order valence-corrected chi connectivity index (χ1v) is 5.21. The Kier molecular flexibility index (Phi) is 2.37. The van der Waals surface area contributed by atoms with E-state index in [1.807, 2.05) is 0 Å². The highest BCUT2D eigenvalue weighted by molar-refractivity contribution is 5.30. The topological polar surface area (TPSA) is 51.2 Å². The molecule has 0 radical (unpaired) electrons. The monoisotopic (exact) mass is 194 g/mol. The van der Waals surface area contributed by atoms with Crippen LogP contribution in [0.2, 0.25) is 0 Å². The number of hydrogen-bond donors (Lipinski definition) is 2. The number of aliphatic hydroxyl groups excluding tert-OH is 1. The average molecular weight is 194 g/mol. The molecule has 1 aliphatic carbocycles. The number of nitrogens with zero attached hydrogens (tertiary/aromatic N) is 1. The predicted molar refractivity (Wildman–Crippen MR) is 56.2 cm³/mol. The van der Waals surface area contributed by atoms with Gasteiger partial charge in [-0.3, -0.25) is 0 Å². The van der Waals surface area contributed by atoms with Gasteiger partial charge in [0.25, 0.3) is 0 Å². The van der Waals surface area contributed by atoms with E-state index in [9.17, 15) is 5.11 Å². The zero-order chi connectivity index (χ0) is 10.3. The average Bonchev–Trinajstić information content (AvgIpc) is 2.93. The highest BCUT2D eigenvalue weighted by Crippen LogP contribution is 2.39. The first kappa shape index (κ1) is 9.74. The van der Waals surface area contributed by atoms with Gasteiger partial charge in [0.2, 0.25) is 0 Å². The highest BCUT2D eigenvalue weighted by atomic mass is 16.3. The molecule has 2 rings (SSSR count). The molecule has 14 heavy (non-hydrogen) atoms. The van der Waals surface area contributed by atoms with Crippen molar-refractivity contribution in [2.45, 2.75) is 38.8 Å². The van der Waals surface area contributed by atoms with Crippen molar-refractivity contribution in [2.75, 3.05) is 6.54 Å². The van der Waals surface area contributed by atoms with Crippen molar-refractivity contribution in [3.8, 4) is 0 Å². The molecule has 0 bridgehead atoms. The SMILES string of the molecule is Cc1cc(C(O)CN)c(C)n1C1CC1. The standard InChI is InChI=1S/C11H18N2O/c1-7-5-10(11(14)6-12)8(2)13(7)9-3-4-9/h5,9,11,14H,3-4,6,12H2,1-2H3. The summed E-state index contributed by atoms with van der Waals surface area (Å²) in [4.78, 5) is 0. The van der Waals surface area contributed by atoms with E-state index in [4.69, 9.17) is 5.73 Å². The summed E-state index contributed by atoms with van der Waals surface area (Å²) in [5.41, 5.74) is 8.89.